The van der Waals surface area contributed by atoms with E-state index in [2.05, 4.69) is 4.72 Å². The molecular weight excluding hydrogens is 318 g/mol. The third kappa shape index (κ3) is 2.93. The van der Waals surface area contributed by atoms with Crippen molar-refractivity contribution in [1.29, 1.82) is 0 Å². The summed E-state index contributed by atoms with van der Waals surface area (Å²) in [6, 6.07) is 3.26. The van der Waals surface area contributed by atoms with Crippen molar-refractivity contribution >= 4 is 38.7 Å². The van der Waals surface area contributed by atoms with E-state index in [1.165, 1.54) is 16.7 Å². The summed E-state index contributed by atoms with van der Waals surface area (Å²) in [5.74, 6) is -1.23. The van der Waals surface area contributed by atoms with Crippen molar-refractivity contribution in [3.63, 3.8) is 0 Å². The summed E-state index contributed by atoms with van der Waals surface area (Å²) in [6.45, 7) is 3.32. The zero-order valence-electron chi connectivity index (χ0n) is 10.8. The van der Waals surface area contributed by atoms with Crippen LogP contribution in [0.4, 0.5) is 0 Å². The van der Waals surface area contributed by atoms with Crippen LogP contribution in [0.3, 0.4) is 0 Å². The summed E-state index contributed by atoms with van der Waals surface area (Å²) < 4.78 is 27.3. The third-order valence-corrected chi connectivity index (χ3v) is 6.68. The second-order valence-corrected chi connectivity index (χ2v) is 7.75. The SMILES string of the molecule is Cc1csc(C(=O)O)c1S(=O)(=O)NC(C)c1cccs1. The molecule has 0 amide bonds. The Labute approximate surface area is 124 Å². The van der Waals surface area contributed by atoms with Crippen LogP contribution in [-0.4, -0.2) is 19.5 Å². The minimum atomic E-state index is -3.86. The fraction of sp³-hybridized carbons (Fsp3) is 0.250. The van der Waals surface area contributed by atoms with E-state index in [1.54, 1.807) is 13.8 Å². The summed E-state index contributed by atoms with van der Waals surface area (Å²) in [5, 5.41) is 12.5. The highest BCUT2D eigenvalue weighted by Gasteiger charge is 2.28. The number of aromatic carboxylic acids is 1. The number of hydrogen-bond acceptors (Lipinski definition) is 5. The van der Waals surface area contributed by atoms with Crippen LogP contribution in [0.1, 0.15) is 33.1 Å². The molecule has 2 heterocycles. The first-order valence-corrected chi connectivity index (χ1v) is 8.94. The van der Waals surface area contributed by atoms with Crippen LogP contribution in [0, 0.1) is 6.92 Å². The van der Waals surface area contributed by atoms with Gasteiger partial charge in [-0.25, -0.2) is 17.9 Å². The molecule has 0 bridgehead atoms. The molecule has 20 heavy (non-hydrogen) atoms. The van der Waals surface area contributed by atoms with E-state index in [4.69, 9.17) is 5.11 Å². The highest BCUT2D eigenvalue weighted by molar-refractivity contribution is 7.89. The van der Waals surface area contributed by atoms with Gasteiger partial charge in [-0.05, 0) is 36.2 Å². The van der Waals surface area contributed by atoms with Gasteiger partial charge in [0.05, 0.1) is 6.04 Å². The van der Waals surface area contributed by atoms with Crippen molar-refractivity contribution in [3.8, 4) is 0 Å². The van der Waals surface area contributed by atoms with Crippen molar-refractivity contribution < 1.29 is 18.3 Å². The Morgan fingerprint density at radius 2 is 2.10 bits per heavy atom. The summed E-state index contributed by atoms with van der Waals surface area (Å²) in [4.78, 5) is 11.7. The van der Waals surface area contributed by atoms with E-state index >= 15 is 0 Å². The molecule has 108 valence electrons. The molecule has 2 rings (SSSR count). The van der Waals surface area contributed by atoms with E-state index in [0.29, 0.717) is 5.56 Å². The van der Waals surface area contributed by atoms with Crippen molar-refractivity contribution in [3.05, 3.63) is 38.2 Å². The summed E-state index contributed by atoms with van der Waals surface area (Å²) in [6.07, 6.45) is 0. The first-order valence-electron chi connectivity index (χ1n) is 5.70. The van der Waals surface area contributed by atoms with Crippen LogP contribution in [0.2, 0.25) is 0 Å². The van der Waals surface area contributed by atoms with Gasteiger partial charge in [-0.15, -0.1) is 22.7 Å². The van der Waals surface area contributed by atoms with E-state index in [0.717, 1.165) is 16.2 Å². The average Bonchev–Trinajstić information content (AvgIpc) is 2.96. The molecule has 0 aliphatic heterocycles. The monoisotopic (exact) mass is 331 g/mol. The van der Waals surface area contributed by atoms with Gasteiger partial charge in [0.1, 0.15) is 9.77 Å². The molecule has 0 aliphatic rings. The molecule has 5 nitrogen and oxygen atoms in total. The van der Waals surface area contributed by atoms with Crippen molar-refractivity contribution in [2.45, 2.75) is 24.8 Å². The number of carbonyl (C=O) groups is 1. The Balaban J connectivity index is 2.36. The van der Waals surface area contributed by atoms with E-state index in [-0.39, 0.29) is 9.77 Å². The molecular formula is C12H13NO4S3. The van der Waals surface area contributed by atoms with Crippen molar-refractivity contribution in [2.24, 2.45) is 0 Å². The predicted octanol–water partition coefficient (Wildman–Crippen LogP) is 2.86. The lowest BCUT2D eigenvalue weighted by molar-refractivity contribution is 0.0698. The first kappa shape index (κ1) is 15.2. The first-order chi connectivity index (χ1) is 9.33. The molecule has 0 spiro atoms. The molecule has 0 aliphatic carbocycles. The van der Waals surface area contributed by atoms with Gasteiger partial charge in [0.2, 0.25) is 10.0 Å². The maximum atomic E-state index is 12.4. The van der Waals surface area contributed by atoms with Gasteiger partial charge >= 0.3 is 5.97 Å². The fourth-order valence-electron chi connectivity index (χ4n) is 1.80. The maximum Gasteiger partial charge on any atom is 0.347 e. The fourth-order valence-corrected chi connectivity index (χ4v) is 5.47. The summed E-state index contributed by atoms with van der Waals surface area (Å²) in [5.41, 5.74) is 0.443. The van der Waals surface area contributed by atoms with Crippen LogP contribution in [0.5, 0.6) is 0 Å². The van der Waals surface area contributed by atoms with E-state index in [1.807, 2.05) is 17.5 Å². The van der Waals surface area contributed by atoms with Crippen LogP contribution in [0.25, 0.3) is 0 Å². The van der Waals surface area contributed by atoms with Crippen LogP contribution in [-0.2, 0) is 10.0 Å². The van der Waals surface area contributed by atoms with Crippen LogP contribution in [0.15, 0.2) is 27.8 Å². The summed E-state index contributed by atoms with van der Waals surface area (Å²) in [7, 11) is -3.86. The Morgan fingerprint density at radius 1 is 1.40 bits per heavy atom. The lowest BCUT2D eigenvalue weighted by Gasteiger charge is -2.13. The minimum absolute atomic E-state index is 0.140. The second-order valence-electron chi connectivity index (χ2n) is 4.24. The number of aryl methyl sites for hydroxylation is 1. The number of sulfonamides is 1. The third-order valence-electron chi connectivity index (χ3n) is 2.68. The lowest BCUT2D eigenvalue weighted by Crippen LogP contribution is -2.27. The second kappa shape index (κ2) is 5.65. The van der Waals surface area contributed by atoms with Crippen molar-refractivity contribution in [1.82, 2.24) is 4.72 Å². The van der Waals surface area contributed by atoms with Crippen LogP contribution >= 0.6 is 22.7 Å². The van der Waals surface area contributed by atoms with Gasteiger partial charge in [-0.3, -0.25) is 0 Å². The molecule has 0 saturated heterocycles. The van der Waals surface area contributed by atoms with Crippen LogP contribution < -0.4 is 4.72 Å². The maximum absolute atomic E-state index is 12.4. The number of carboxylic acid groups (broad SMARTS) is 1. The summed E-state index contributed by atoms with van der Waals surface area (Å²) >= 11 is 2.36. The number of rotatable bonds is 5. The highest BCUT2D eigenvalue weighted by atomic mass is 32.2. The highest BCUT2D eigenvalue weighted by Crippen LogP contribution is 2.28. The van der Waals surface area contributed by atoms with Gasteiger partial charge in [-0.2, -0.15) is 0 Å². The number of nitrogens with one attached hydrogen (secondary N) is 1. The molecule has 2 N–H and O–H groups in total. The molecule has 0 radical (unpaired) electrons. The van der Waals surface area contributed by atoms with Gasteiger partial charge in [-0.1, -0.05) is 6.07 Å². The Morgan fingerprint density at radius 3 is 2.65 bits per heavy atom. The lowest BCUT2D eigenvalue weighted by atomic mass is 10.3. The van der Waals surface area contributed by atoms with Gasteiger partial charge in [0.15, 0.2) is 0 Å². The van der Waals surface area contributed by atoms with Gasteiger partial charge in [0.25, 0.3) is 0 Å². The Kier molecular flexibility index (Phi) is 4.28. The smallest absolute Gasteiger partial charge is 0.347 e. The zero-order valence-corrected chi connectivity index (χ0v) is 13.2. The molecule has 0 saturated carbocycles. The predicted molar refractivity (Wildman–Crippen MR) is 79.1 cm³/mol. The Hall–Kier alpha value is -1.22. The molecule has 0 fully saturated rings. The molecule has 1 unspecified atom stereocenters. The zero-order chi connectivity index (χ0) is 14.9. The topological polar surface area (TPSA) is 83.5 Å². The molecule has 2 aromatic heterocycles. The van der Waals surface area contributed by atoms with Crippen molar-refractivity contribution in [2.75, 3.05) is 0 Å². The van der Waals surface area contributed by atoms with E-state index in [9.17, 15) is 13.2 Å². The molecule has 0 aromatic carbocycles. The minimum Gasteiger partial charge on any atom is -0.477 e. The number of carboxylic acids is 1. The number of thiophene rings is 2. The molecule has 8 heteroatoms. The van der Waals surface area contributed by atoms with Gasteiger partial charge in [0, 0.05) is 4.88 Å². The molecule has 1 atom stereocenters. The van der Waals surface area contributed by atoms with Gasteiger partial charge < -0.3 is 5.11 Å². The standard InChI is InChI=1S/C12H13NO4S3/c1-7-6-19-10(12(14)15)11(7)20(16,17)13-8(2)9-4-3-5-18-9/h3-6,8,13H,1-2H3,(H,14,15). The largest absolute Gasteiger partial charge is 0.477 e. The molecule has 2 aromatic rings. The number of hydrogen-bond donors (Lipinski definition) is 2. The quantitative estimate of drug-likeness (QED) is 0.882. The Bertz CT molecular complexity index is 716. The van der Waals surface area contributed by atoms with E-state index < -0.39 is 22.0 Å². The normalized spacial score (nSPS) is 13.3. The average molecular weight is 331 g/mol.